The summed E-state index contributed by atoms with van der Waals surface area (Å²) in [5.41, 5.74) is 3.87. The minimum absolute atomic E-state index is 0.0236. The van der Waals surface area contributed by atoms with Crippen molar-refractivity contribution in [3.05, 3.63) is 71.1 Å². The topological polar surface area (TPSA) is 117 Å². The number of hydrogen-bond donors (Lipinski definition) is 1. The smallest absolute Gasteiger partial charge is 0.185 e. The Morgan fingerprint density at radius 2 is 1.73 bits per heavy atom. The minimum atomic E-state index is -0.459. The average Bonchev–Trinajstić information content (AvgIpc) is 3.77. The van der Waals surface area contributed by atoms with E-state index in [0.717, 1.165) is 73.5 Å². The Kier molecular flexibility index (Phi) is 10.1. The molecule has 2 aromatic carbocycles. The quantitative estimate of drug-likeness (QED) is 0.184. The van der Waals surface area contributed by atoms with Crippen molar-refractivity contribution in [2.45, 2.75) is 103 Å². The van der Waals surface area contributed by atoms with Crippen LogP contribution in [0.2, 0.25) is 0 Å². The lowest BCUT2D eigenvalue weighted by atomic mass is 9.45. The Balaban J connectivity index is 0.726. The van der Waals surface area contributed by atoms with Crippen molar-refractivity contribution in [3.63, 3.8) is 0 Å². The van der Waals surface area contributed by atoms with Gasteiger partial charge in [-0.1, -0.05) is 26.0 Å². The number of aryl methyl sites for hydroxylation is 1. The lowest BCUT2D eigenvalue weighted by molar-refractivity contribution is -0.145. The van der Waals surface area contributed by atoms with Crippen LogP contribution < -0.4 is 10.1 Å². The van der Waals surface area contributed by atoms with Crippen LogP contribution in [0.15, 0.2) is 47.7 Å². The number of carbonyl (C=O) groups excluding carboxylic acids is 2. The molecule has 298 valence electrons. The molecule has 9 rings (SSSR count). The summed E-state index contributed by atoms with van der Waals surface area (Å²) in [7, 11) is 1.84. The van der Waals surface area contributed by atoms with Gasteiger partial charge in [-0.3, -0.25) is 19.3 Å². The van der Waals surface area contributed by atoms with Crippen LogP contribution in [0.4, 0.5) is 10.1 Å². The van der Waals surface area contributed by atoms with E-state index in [4.69, 9.17) is 19.2 Å². The summed E-state index contributed by atoms with van der Waals surface area (Å²) in [5, 5.41) is 7.81. The molecule has 56 heavy (non-hydrogen) atoms. The van der Waals surface area contributed by atoms with Gasteiger partial charge in [0.05, 0.1) is 30.4 Å². The Morgan fingerprint density at radius 1 is 0.929 bits per heavy atom. The van der Waals surface area contributed by atoms with Gasteiger partial charge in [0.25, 0.3) is 0 Å². The highest BCUT2D eigenvalue weighted by Crippen LogP contribution is 2.66. The molecular formula is C45H56FN5O5. The lowest BCUT2D eigenvalue weighted by Gasteiger charge is -2.60. The first-order valence-electron chi connectivity index (χ1n) is 21.1. The number of anilines is 1. The number of nitrogens with one attached hydrogen (secondary N) is 1. The van der Waals surface area contributed by atoms with Crippen molar-refractivity contribution in [1.82, 2.24) is 14.8 Å². The van der Waals surface area contributed by atoms with E-state index >= 15 is 0 Å². The van der Waals surface area contributed by atoms with Crippen molar-refractivity contribution < 1.29 is 28.2 Å². The zero-order chi connectivity index (χ0) is 38.6. The fourth-order valence-electron chi connectivity index (χ4n) is 12.2. The van der Waals surface area contributed by atoms with Crippen molar-refractivity contribution in [2.75, 3.05) is 38.3 Å². The number of hydrogen-bond acceptors (Lipinski definition) is 9. The highest BCUT2D eigenvalue weighted by Gasteiger charge is 2.60. The molecule has 4 aliphatic carbocycles. The van der Waals surface area contributed by atoms with Crippen molar-refractivity contribution >= 4 is 23.0 Å². The number of nitrogens with zero attached hydrogens (tertiary/aromatic N) is 4. The second-order valence-electron chi connectivity index (χ2n) is 18.0. The van der Waals surface area contributed by atoms with E-state index in [1.807, 2.05) is 31.3 Å². The molecule has 1 aromatic heterocycles. The number of rotatable bonds is 12. The molecule has 0 unspecified atom stereocenters. The Hall–Kier alpha value is -3.96. The van der Waals surface area contributed by atoms with Crippen LogP contribution >= 0.6 is 0 Å². The van der Waals surface area contributed by atoms with E-state index in [-0.39, 0.29) is 29.7 Å². The lowest BCUT2D eigenvalue weighted by Crippen LogP contribution is -2.54. The standard InChI is InChI=1S/C45H56FN5O5/c1-44-16-14-30(52)22-28(44)8-11-32-34-12-13-38(45(34,2)17-15-35(32)44)56-21-5-19-54-18-4-20-55-31-9-6-27(7-10-31)41-40(43-48-26-49-51(43)3)42-39-33(37(53)25-47-42)23-29(46)24-36(39)50-41/h6-7,9-10,23-24,26,28,32,34-35,38,40-41,50H,4-5,8,11-22,25H2,1-3H3/t28-,32-,34-,35-,38-,40+,41+,44-,45-/m0/s1. The highest BCUT2D eigenvalue weighted by atomic mass is 19.1. The van der Waals surface area contributed by atoms with Crippen molar-refractivity contribution in [3.8, 4) is 5.75 Å². The number of fused-ring (bicyclic) bond motifs is 5. The summed E-state index contributed by atoms with van der Waals surface area (Å²) >= 11 is 0. The number of ether oxygens (including phenoxy) is 3. The second-order valence-corrected chi connectivity index (χ2v) is 18.0. The van der Waals surface area contributed by atoms with Gasteiger partial charge in [0, 0.05) is 62.9 Å². The average molecular weight is 766 g/mol. The molecule has 0 bridgehead atoms. The van der Waals surface area contributed by atoms with E-state index in [1.54, 1.807) is 4.68 Å². The first-order valence-corrected chi connectivity index (χ1v) is 21.1. The van der Waals surface area contributed by atoms with Crippen LogP contribution in [0.1, 0.15) is 124 Å². The van der Waals surface area contributed by atoms with Gasteiger partial charge in [-0.25, -0.2) is 9.37 Å². The number of halogens is 1. The normalized spacial score (nSPS) is 33.1. The molecule has 0 amide bonds. The van der Waals surface area contributed by atoms with Gasteiger partial charge in [0.2, 0.25) is 0 Å². The largest absolute Gasteiger partial charge is 0.494 e. The third-order valence-electron chi connectivity index (χ3n) is 15.1. The molecule has 0 saturated heterocycles. The first kappa shape index (κ1) is 37.6. The van der Waals surface area contributed by atoms with Gasteiger partial charge in [-0.2, -0.15) is 5.10 Å². The predicted octanol–water partition coefficient (Wildman–Crippen LogP) is 8.06. The number of benzene rings is 2. The fourth-order valence-corrected chi connectivity index (χ4v) is 12.2. The number of carbonyl (C=O) groups is 2. The molecule has 3 aromatic rings. The van der Waals surface area contributed by atoms with Crippen LogP contribution in [0, 0.1) is 40.3 Å². The maximum absolute atomic E-state index is 14.7. The van der Waals surface area contributed by atoms with E-state index in [9.17, 15) is 14.0 Å². The SMILES string of the molecule is Cn1ncnc1[C@H]1C2=NCC(=O)c3cc(F)cc(c32)N[C@@H]1c1ccc(OCCCOCCCO[C@H]2CC[C@H]3[C@@H]4CC[C@H]5CC(=O)CC[C@]5(C)[C@H]4CC[C@]23C)cc1. The Labute approximate surface area is 329 Å². The summed E-state index contributed by atoms with van der Waals surface area (Å²) in [6, 6.07) is 10.3. The van der Waals surface area contributed by atoms with Gasteiger partial charge in [0.1, 0.15) is 36.0 Å². The second kappa shape index (κ2) is 15.1. The van der Waals surface area contributed by atoms with Crippen LogP contribution in [0.3, 0.4) is 0 Å². The molecular weight excluding hydrogens is 710 g/mol. The maximum Gasteiger partial charge on any atom is 0.185 e. The first-order chi connectivity index (χ1) is 27.1. The molecule has 4 saturated carbocycles. The molecule has 0 radical (unpaired) electrons. The summed E-state index contributed by atoms with van der Waals surface area (Å²) in [4.78, 5) is 34.2. The number of aromatic nitrogens is 3. The molecule has 4 fully saturated rings. The zero-order valence-corrected chi connectivity index (χ0v) is 33.1. The van der Waals surface area contributed by atoms with Crippen molar-refractivity contribution in [1.29, 1.82) is 0 Å². The monoisotopic (exact) mass is 765 g/mol. The van der Waals surface area contributed by atoms with E-state index in [2.05, 4.69) is 29.2 Å². The fraction of sp³-hybridized carbons (Fsp3) is 0.622. The Morgan fingerprint density at radius 3 is 2.54 bits per heavy atom. The third kappa shape index (κ3) is 6.60. The summed E-state index contributed by atoms with van der Waals surface area (Å²) < 4.78 is 35.1. The molecule has 1 N–H and O–H groups in total. The number of aliphatic imine (C=N–C) groups is 1. The predicted molar refractivity (Wildman–Crippen MR) is 211 cm³/mol. The molecule has 0 spiro atoms. The van der Waals surface area contributed by atoms with Gasteiger partial charge in [0.15, 0.2) is 5.78 Å². The molecule has 6 aliphatic rings. The number of ketones is 2. The van der Waals surface area contributed by atoms with Gasteiger partial charge < -0.3 is 19.5 Å². The zero-order valence-electron chi connectivity index (χ0n) is 33.1. The molecule has 3 heterocycles. The van der Waals surface area contributed by atoms with E-state index in [1.165, 1.54) is 57.0 Å². The summed E-state index contributed by atoms with van der Waals surface area (Å²) in [5.74, 6) is 3.92. The van der Waals surface area contributed by atoms with E-state index < -0.39 is 5.82 Å². The minimum Gasteiger partial charge on any atom is -0.494 e. The van der Waals surface area contributed by atoms with Gasteiger partial charge >= 0.3 is 0 Å². The van der Waals surface area contributed by atoms with Crippen LogP contribution in [0.5, 0.6) is 5.75 Å². The van der Waals surface area contributed by atoms with Gasteiger partial charge in [-0.15, -0.1) is 0 Å². The Bertz CT molecular complexity index is 2000. The van der Waals surface area contributed by atoms with Crippen molar-refractivity contribution in [2.24, 2.45) is 46.5 Å². The van der Waals surface area contributed by atoms with Crippen LogP contribution in [-0.2, 0) is 21.3 Å². The summed E-state index contributed by atoms with van der Waals surface area (Å²) in [6.07, 6.45) is 13.8. The number of Topliss-reactive ketones (excluding diaryl/α,β-unsaturated/α-hetero) is 2. The maximum atomic E-state index is 14.7. The molecule has 9 atom stereocenters. The van der Waals surface area contributed by atoms with Crippen LogP contribution in [-0.4, -0.2) is 71.1 Å². The molecule has 10 nitrogen and oxygen atoms in total. The highest BCUT2D eigenvalue weighted by molar-refractivity contribution is 6.21. The van der Waals surface area contributed by atoms with E-state index in [0.29, 0.717) is 65.7 Å². The van der Waals surface area contributed by atoms with Crippen LogP contribution in [0.25, 0.3) is 0 Å². The summed E-state index contributed by atoms with van der Waals surface area (Å²) in [6.45, 7) is 7.61. The molecule has 2 aliphatic heterocycles. The van der Waals surface area contributed by atoms with Gasteiger partial charge in [-0.05, 0) is 116 Å². The third-order valence-corrected chi connectivity index (χ3v) is 15.1. The molecule has 11 heteroatoms.